The van der Waals surface area contributed by atoms with Crippen LogP contribution in [0.3, 0.4) is 0 Å². The third kappa shape index (κ3) is 7.23. The van der Waals surface area contributed by atoms with Crippen LogP contribution in [0.5, 0.6) is 0 Å². The predicted molar refractivity (Wildman–Crippen MR) is 154 cm³/mol. The molecule has 7 nitrogen and oxygen atoms in total. The number of anilines is 1. The summed E-state index contributed by atoms with van der Waals surface area (Å²) >= 11 is 3.41. The summed E-state index contributed by atoms with van der Waals surface area (Å²) in [4.78, 5) is 28.4. The summed E-state index contributed by atoms with van der Waals surface area (Å²) in [6.07, 6.45) is 0.760. The van der Waals surface area contributed by atoms with Crippen molar-refractivity contribution in [3.63, 3.8) is 0 Å². The summed E-state index contributed by atoms with van der Waals surface area (Å²) in [5.41, 5.74) is 3.12. The van der Waals surface area contributed by atoms with E-state index < -0.39 is 28.5 Å². The Kier molecular flexibility index (Phi) is 10.1. The molecule has 0 saturated heterocycles. The molecule has 9 heteroatoms. The van der Waals surface area contributed by atoms with Crippen LogP contribution in [0.4, 0.5) is 5.69 Å². The first-order chi connectivity index (χ1) is 18.0. The Bertz CT molecular complexity index is 1380. The zero-order valence-electron chi connectivity index (χ0n) is 22.1. The topological polar surface area (TPSA) is 86.8 Å². The van der Waals surface area contributed by atoms with Gasteiger partial charge < -0.3 is 10.2 Å². The van der Waals surface area contributed by atoms with Crippen LogP contribution in [0.1, 0.15) is 37.0 Å². The van der Waals surface area contributed by atoms with Crippen LogP contribution in [-0.2, 0) is 26.2 Å². The molecule has 1 N–H and O–H groups in total. The van der Waals surface area contributed by atoms with Gasteiger partial charge in [-0.25, -0.2) is 8.42 Å². The number of aryl methyl sites for hydroxylation is 2. The van der Waals surface area contributed by atoms with Gasteiger partial charge in [0.25, 0.3) is 10.0 Å². The largest absolute Gasteiger partial charge is 0.354 e. The first-order valence-corrected chi connectivity index (χ1v) is 14.7. The summed E-state index contributed by atoms with van der Waals surface area (Å²) in [6.45, 7) is 7.62. The monoisotopic (exact) mass is 599 g/mol. The van der Waals surface area contributed by atoms with E-state index in [0.29, 0.717) is 16.7 Å². The first kappa shape index (κ1) is 29.4. The van der Waals surface area contributed by atoms with Crippen molar-refractivity contribution < 1.29 is 18.0 Å². The van der Waals surface area contributed by atoms with Gasteiger partial charge in [0.15, 0.2) is 0 Å². The fraction of sp³-hybridized carbons (Fsp3) is 0.310. The van der Waals surface area contributed by atoms with Gasteiger partial charge in [0, 0.05) is 17.6 Å². The molecule has 0 spiro atoms. The zero-order chi connectivity index (χ0) is 27.9. The smallest absolute Gasteiger partial charge is 0.264 e. The molecular formula is C29H34BrN3O4S. The van der Waals surface area contributed by atoms with E-state index in [1.165, 1.54) is 17.0 Å². The van der Waals surface area contributed by atoms with Crippen molar-refractivity contribution in [3.8, 4) is 0 Å². The van der Waals surface area contributed by atoms with Gasteiger partial charge in [0.1, 0.15) is 12.6 Å². The van der Waals surface area contributed by atoms with Crippen LogP contribution in [-0.4, -0.2) is 44.3 Å². The number of nitrogens with one attached hydrogen (secondary N) is 1. The minimum atomic E-state index is -4.09. The Labute approximate surface area is 234 Å². The average Bonchev–Trinajstić information content (AvgIpc) is 2.89. The standard InChI is InChI=1S/C29H34BrN3O4S/c1-5-17-31-29(35)23(4)32(19-24-10-7-6-9-22(24)3)28(34)20-33(26-12-8-11-25(30)18-26)38(36,37)27-15-13-21(2)14-16-27/h6-16,18,23H,5,17,19-20H2,1-4H3,(H,31,35). The van der Waals surface area contributed by atoms with Crippen molar-refractivity contribution in [1.29, 1.82) is 0 Å². The summed E-state index contributed by atoms with van der Waals surface area (Å²) in [7, 11) is -4.09. The molecule has 0 aliphatic rings. The Morgan fingerprint density at radius 2 is 1.66 bits per heavy atom. The van der Waals surface area contributed by atoms with E-state index in [0.717, 1.165) is 27.4 Å². The highest BCUT2D eigenvalue weighted by Crippen LogP contribution is 2.27. The van der Waals surface area contributed by atoms with Gasteiger partial charge in [0.05, 0.1) is 10.6 Å². The highest BCUT2D eigenvalue weighted by Gasteiger charge is 2.32. The van der Waals surface area contributed by atoms with Gasteiger partial charge in [0.2, 0.25) is 11.8 Å². The maximum Gasteiger partial charge on any atom is 0.264 e. The van der Waals surface area contributed by atoms with E-state index >= 15 is 0 Å². The number of hydrogen-bond donors (Lipinski definition) is 1. The van der Waals surface area contributed by atoms with Gasteiger partial charge in [-0.15, -0.1) is 0 Å². The molecule has 0 heterocycles. The maximum absolute atomic E-state index is 13.9. The molecule has 3 rings (SSSR count). The van der Waals surface area contributed by atoms with Crippen molar-refractivity contribution in [2.24, 2.45) is 0 Å². The molecule has 0 aromatic heterocycles. The molecular weight excluding hydrogens is 566 g/mol. The minimum absolute atomic E-state index is 0.0788. The van der Waals surface area contributed by atoms with Crippen LogP contribution >= 0.6 is 15.9 Å². The Balaban J connectivity index is 2.03. The summed E-state index contributed by atoms with van der Waals surface area (Å²) < 4.78 is 29.4. The van der Waals surface area contributed by atoms with Crippen LogP contribution in [0.15, 0.2) is 82.2 Å². The van der Waals surface area contributed by atoms with Crippen molar-refractivity contribution in [2.75, 3.05) is 17.4 Å². The van der Waals surface area contributed by atoms with E-state index in [9.17, 15) is 18.0 Å². The van der Waals surface area contributed by atoms with Gasteiger partial charge in [-0.2, -0.15) is 0 Å². The Morgan fingerprint density at radius 3 is 2.29 bits per heavy atom. The second kappa shape index (κ2) is 13.1. The highest BCUT2D eigenvalue weighted by atomic mass is 79.9. The molecule has 3 aromatic rings. The summed E-state index contributed by atoms with van der Waals surface area (Å²) in [5.74, 6) is -0.771. The van der Waals surface area contributed by atoms with E-state index in [4.69, 9.17) is 0 Å². The number of hydrogen-bond acceptors (Lipinski definition) is 4. The van der Waals surface area contributed by atoms with Gasteiger partial charge in [-0.1, -0.05) is 70.9 Å². The molecule has 0 radical (unpaired) electrons. The molecule has 0 aliphatic carbocycles. The number of sulfonamides is 1. The number of nitrogens with zero attached hydrogens (tertiary/aromatic N) is 2. The van der Waals surface area contributed by atoms with E-state index in [1.807, 2.05) is 45.0 Å². The number of amides is 2. The Morgan fingerprint density at radius 1 is 0.974 bits per heavy atom. The van der Waals surface area contributed by atoms with E-state index in [-0.39, 0.29) is 17.3 Å². The lowest BCUT2D eigenvalue weighted by molar-refractivity contribution is -0.139. The van der Waals surface area contributed by atoms with Gasteiger partial charge >= 0.3 is 0 Å². The first-order valence-electron chi connectivity index (χ1n) is 12.5. The minimum Gasteiger partial charge on any atom is -0.354 e. The molecule has 1 unspecified atom stereocenters. The van der Waals surface area contributed by atoms with E-state index in [2.05, 4.69) is 21.2 Å². The SMILES string of the molecule is CCCNC(=O)C(C)N(Cc1ccccc1C)C(=O)CN(c1cccc(Br)c1)S(=O)(=O)c1ccc(C)cc1. The molecule has 0 fully saturated rings. The number of carbonyl (C=O) groups excluding carboxylic acids is 2. The third-order valence-corrected chi connectivity index (χ3v) is 8.58. The summed E-state index contributed by atoms with van der Waals surface area (Å²) in [5, 5.41) is 2.85. The lowest BCUT2D eigenvalue weighted by atomic mass is 10.1. The van der Waals surface area contributed by atoms with Crippen molar-refractivity contribution >= 4 is 43.5 Å². The summed E-state index contributed by atoms with van der Waals surface area (Å²) in [6, 6.07) is 20.1. The molecule has 0 bridgehead atoms. The zero-order valence-corrected chi connectivity index (χ0v) is 24.6. The van der Waals surface area contributed by atoms with Crippen molar-refractivity contribution in [3.05, 3.63) is 94.0 Å². The highest BCUT2D eigenvalue weighted by molar-refractivity contribution is 9.10. The normalized spacial score (nSPS) is 12.0. The second-order valence-corrected chi connectivity index (χ2v) is 12.0. The van der Waals surface area contributed by atoms with Gasteiger partial charge in [-0.3, -0.25) is 13.9 Å². The molecule has 3 aromatic carbocycles. The molecule has 1 atom stereocenters. The van der Waals surface area contributed by atoms with Crippen LogP contribution in [0.25, 0.3) is 0 Å². The third-order valence-electron chi connectivity index (χ3n) is 6.30. The quantitative estimate of drug-likeness (QED) is 0.328. The molecule has 202 valence electrons. The number of rotatable bonds is 11. The molecule has 38 heavy (non-hydrogen) atoms. The predicted octanol–water partition coefficient (Wildman–Crippen LogP) is 5.20. The van der Waals surface area contributed by atoms with Crippen LogP contribution in [0, 0.1) is 13.8 Å². The number of carbonyl (C=O) groups is 2. The number of halogens is 1. The fourth-order valence-electron chi connectivity index (χ4n) is 3.95. The Hall–Kier alpha value is -3.17. The van der Waals surface area contributed by atoms with Crippen molar-refractivity contribution in [1.82, 2.24) is 10.2 Å². The van der Waals surface area contributed by atoms with Crippen LogP contribution in [0.2, 0.25) is 0 Å². The molecule has 0 aliphatic heterocycles. The molecule has 2 amide bonds. The second-order valence-electron chi connectivity index (χ2n) is 9.22. The van der Waals surface area contributed by atoms with Crippen LogP contribution < -0.4 is 9.62 Å². The number of benzene rings is 3. The van der Waals surface area contributed by atoms with Gasteiger partial charge in [-0.05, 0) is 68.7 Å². The lowest BCUT2D eigenvalue weighted by Crippen LogP contribution is -2.51. The van der Waals surface area contributed by atoms with Crippen molar-refractivity contribution in [2.45, 2.75) is 51.6 Å². The molecule has 0 saturated carbocycles. The fourth-order valence-corrected chi connectivity index (χ4v) is 5.74. The maximum atomic E-state index is 13.9. The average molecular weight is 601 g/mol. The lowest BCUT2D eigenvalue weighted by Gasteiger charge is -2.32. The van der Waals surface area contributed by atoms with E-state index in [1.54, 1.807) is 43.3 Å².